The fraction of sp³-hybridized carbons (Fsp3) is 0.0698. The molecule has 0 saturated heterocycles. The number of hydrogen-bond acceptors (Lipinski definition) is 2. The zero-order chi connectivity index (χ0) is 30.8. The van der Waals surface area contributed by atoms with Gasteiger partial charge in [-0.25, -0.2) is 9.97 Å². The molecule has 0 radical (unpaired) electrons. The van der Waals surface area contributed by atoms with E-state index in [0.29, 0.717) is 0 Å². The Labute approximate surface area is 268 Å². The van der Waals surface area contributed by atoms with Crippen LogP contribution in [0.15, 0.2) is 152 Å². The van der Waals surface area contributed by atoms with E-state index in [-0.39, 0.29) is 5.41 Å². The summed E-state index contributed by atoms with van der Waals surface area (Å²) in [5, 5.41) is 2.52. The van der Waals surface area contributed by atoms with Crippen molar-refractivity contribution < 1.29 is 0 Å². The maximum Gasteiger partial charge on any atom is 0.160 e. The van der Waals surface area contributed by atoms with Crippen LogP contribution in [0.25, 0.3) is 72.5 Å². The van der Waals surface area contributed by atoms with Crippen LogP contribution in [0.2, 0.25) is 0 Å². The predicted molar refractivity (Wildman–Crippen MR) is 190 cm³/mol. The highest BCUT2D eigenvalue weighted by atomic mass is 15.0. The van der Waals surface area contributed by atoms with E-state index in [0.717, 1.165) is 45.2 Å². The van der Waals surface area contributed by atoms with Crippen molar-refractivity contribution in [3.8, 4) is 50.7 Å². The first kappa shape index (κ1) is 26.6. The van der Waals surface area contributed by atoms with E-state index in [9.17, 15) is 0 Å². The maximum atomic E-state index is 5.31. The summed E-state index contributed by atoms with van der Waals surface area (Å²) in [4.78, 5) is 10.6. The van der Waals surface area contributed by atoms with Crippen molar-refractivity contribution in [2.75, 3.05) is 0 Å². The number of para-hydroxylation sites is 2. The zero-order valence-electron chi connectivity index (χ0n) is 25.8. The minimum absolute atomic E-state index is 0.204. The summed E-state index contributed by atoms with van der Waals surface area (Å²) in [7, 11) is 0. The van der Waals surface area contributed by atoms with Gasteiger partial charge in [-0.05, 0) is 47.0 Å². The highest BCUT2D eigenvalue weighted by molar-refractivity contribution is 6.09. The Morgan fingerprint density at radius 3 is 1.80 bits per heavy atom. The van der Waals surface area contributed by atoms with E-state index < -0.39 is 0 Å². The number of hydrogen-bond donors (Lipinski definition) is 0. The SMILES string of the molecule is CC1(C)c2ccccc2-c2nc(-c3cccc(-c4cccc(-n5c6ccccc6c6ccccc65)c4)c3)nc(-c3ccccc3)c21. The number of fused-ring (bicyclic) bond motifs is 6. The van der Waals surface area contributed by atoms with Crippen LogP contribution < -0.4 is 0 Å². The molecule has 8 aromatic rings. The molecule has 1 aliphatic carbocycles. The van der Waals surface area contributed by atoms with E-state index in [1.54, 1.807) is 0 Å². The van der Waals surface area contributed by atoms with Gasteiger partial charge in [-0.3, -0.25) is 0 Å². The Kier molecular flexibility index (Phi) is 5.85. The van der Waals surface area contributed by atoms with Gasteiger partial charge in [-0.15, -0.1) is 0 Å². The molecule has 9 rings (SSSR count). The summed E-state index contributed by atoms with van der Waals surface area (Å²) >= 11 is 0. The molecule has 0 bridgehead atoms. The summed E-state index contributed by atoms with van der Waals surface area (Å²) in [5.74, 6) is 0.741. The van der Waals surface area contributed by atoms with Crippen LogP contribution in [0.4, 0.5) is 0 Å². The first-order valence-electron chi connectivity index (χ1n) is 15.9. The van der Waals surface area contributed by atoms with E-state index >= 15 is 0 Å². The highest BCUT2D eigenvalue weighted by Gasteiger charge is 2.39. The van der Waals surface area contributed by atoms with Crippen LogP contribution in [0.5, 0.6) is 0 Å². The van der Waals surface area contributed by atoms with Gasteiger partial charge in [0, 0.05) is 44.1 Å². The third-order valence-corrected chi connectivity index (χ3v) is 9.58. The Hall–Kier alpha value is -5.80. The van der Waals surface area contributed by atoms with Gasteiger partial charge in [0.25, 0.3) is 0 Å². The molecule has 0 atom stereocenters. The lowest BCUT2D eigenvalue weighted by atomic mass is 9.81. The average molecular weight is 590 g/mol. The maximum absolute atomic E-state index is 5.31. The second-order valence-corrected chi connectivity index (χ2v) is 12.7. The van der Waals surface area contributed by atoms with Crippen LogP contribution in [0.3, 0.4) is 0 Å². The van der Waals surface area contributed by atoms with Crippen molar-refractivity contribution in [1.82, 2.24) is 14.5 Å². The van der Waals surface area contributed by atoms with Crippen molar-refractivity contribution >= 4 is 21.8 Å². The van der Waals surface area contributed by atoms with Crippen molar-refractivity contribution in [2.24, 2.45) is 0 Å². The molecule has 3 heteroatoms. The highest BCUT2D eigenvalue weighted by Crippen LogP contribution is 2.51. The van der Waals surface area contributed by atoms with Crippen molar-refractivity contribution in [2.45, 2.75) is 19.3 Å². The summed E-state index contributed by atoms with van der Waals surface area (Å²) in [6, 6.07) is 54.0. The second kappa shape index (κ2) is 10.1. The minimum Gasteiger partial charge on any atom is -0.309 e. The molecule has 0 spiro atoms. The number of rotatable bonds is 4. The van der Waals surface area contributed by atoms with Crippen molar-refractivity contribution in [1.29, 1.82) is 0 Å². The third kappa shape index (κ3) is 3.98. The average Bonchev–Trinajstić information content (AvgIpc) is 3.57. The molecule has 3 nitrogen and oxygen atoms in total. The molecule has 0 amide bonds. The fourth-order valence-corrected chi connectivity index (χ4v) is 7.41. The Bertz CT molecular complexity index is 2400. The van der Waals surface area contributed by atoms with Gasteiger partial charge in [0.2, 0.25) is 0 Å². The van der Waals surface area contributed by atoms with Crippen molar-refractivity contribution in [3.63, 3.8) is 0 Å². The van der Waals surface area contributed by atoms with Crippen LogP contribution in [0, 0.1) is 0 Å². The van der Waals surface area contributed by atoms with Gasteiger partial charge in [0.1, 0.15) is 0 Å². The van der Waals surface area contributed by atoms with Crippen molar-refractivity contribution in [3.05, 3.63) is 163 Å². The topological polar surface area (TPSA) is 30.7 Å². The Morgan fingerprint density at radius 2 is 1.04 bits per heavy atom. The summed E-state index contributed by atoms with van der Waals surface area (Å²) < 4.78 is 2.37. The minimum atomic E-state index is -0.204. The standard InChI is InChI=1S/C43H31N3/c1-43(2)36-23-9-6-22-35(36)41-39(43)40(28-14-4-3-5-15-28)44-42(45-41)31-18-12-16-29(26-31)30-17-13-19-32(27-30)46-37-24-10-7-20-33(37)34-21-8-11-25-38(34)46/h3-27H,1-2H3. The molecule has 2 heterocycles. The monoisotopic (exact) mass is 589 g/mol. The van der Waals surface area contributed by atoms with E-state index in [2.05, 4.69) is 170 Å². The number of aromatic nitrogens is 3. The molecule has 46 heavy (non-hydrogen) atoms. The van der Waals surface area contributed by atoms with Gasteiger partial charge in [-0.1, -0.05) is 135 Å². The van der Waals surface area contributed by atoms with Gasteiger partial charge < -0.3 is 4.57 Å². The first-order valence-corrected chi connectivity index (χ1v) is 15.9. The molecule has 0 N–H and O–H groups in total. The first-order chi connectivity index (χ1) is 22.6. The molecular weight excluding hydrogens is 558 g/mol. The Balaban J connectivity index is 1.20. The third-order valence-electron chi connectivity index (χ3n) is 9.58. The molecule has 0 saturated carbocycles. The van der Waals surface area contributed by atoms with Crippen LogP contribution >= 0.6 is 0 Å². The molecule has 1 aliphatic rings. The van der Waals surface area contributed by atoms with E-state index in [1.807, 2.05) is 0 Å². The van der Waals surface area contributed by atoms with Gasteiger partial charge in [0.05, 0.1) is 22.4 Å². The molecule has 0 aliphatic heterocycles. The van der Waals surface area contributed by atoms with Gasteiger partial charge in [0.15, 0.2) is 5.82 Å². The smallest absolute Gasteiger partial charge is 0.160 e. The second-order valence-electron chi connectivity index (χ2n) is 12.7. The van der Waals surface area contributed by atoms with E-state index in [1.165, 1.54) is 38.5 Å². The summed E-state index contributed by atoms with van der Waals surface area (Å²) in [6.07, 6.45) is 0. The molecule has 6 aromatic carbocycles. The molecular formula is C43H31N3. The predicted octanol–water partition coefficient (Wildman–Crippen LogP) is 10.9. The summed E-state index contributed by atoms with van der Waals surface area (Å²) in [5.41, 5.74) is 13.5. The lowest BCUT2D eigenvalue weighted by molar-refractivity contribution is 0.658. The lowest BCUT2D eigenvalue weighted by Crippen LogP contribution is -2.17. The van der Waals surface area contributed by atoms with Crippen LogP contribution in [-0.2, 0) is 5.41 Å². The zero-order valence-corrected chi connectivity index (χ0v) is 25.8. The molecule has 2 aromatic heterocycles. The quantitative estimate of drug-likeness (QED) is 0.204. The molecule has 0 unspecified atom stereocenters. The number of nitrogens with zero attached hydrogens (tertiary/aromatic N) is 3. The van der Waals surface area contributed by atoms with Crippen LogP contribution in [0.1, 0.15) is 25.0 Å². The van der Waals surface area contributed by atoms with Crippen LogP contribution in [-0.4, -0.2) is 14.5 Å². The van der Waals surface area contributed by atoms with E-state index in [4.69, 9.17) is 9.97 Å². The largest absolute Gasteiger partial charge is 0.309 e. The normalized spacial score (nSPS) is 13.2. The lowest BCUT2D eigenvalue weighted by Gasteiger charge is -2.23. The summed E-state index contributed by atoms with van der Waals surface area (Å²) in [6.45, 7) is 4.58. The van der Waals surface area contributed by atoms with Gasteiger partial charge in [-0.2, -0.15) is 0 Å². The Morgan fingerprint density at radius 1 is 0.478 bits per heavy atom. The fourth-order valence-electron chi connectivity index (χ4n) is 7.41. The molecule has 0 fully saturated rings. The molecule has 218 valence electrons. The number of benzene rings is 6. The van der Waals surface area contributed by atoms with Gasteiger partial charge >= 0.3 is 0 Å².